The molecule has 7 heteroatoms. The summed E-state index contributed by atoms with van der Waals surface area (Å²) >= 11 is 6.18. The molecule has 0 aliphatic carbocycles. The molecule has 3 rings (SSSR count). The molecule has 0 radical (unpaired) electrons. The third kappa shape index (κ3) is 4.50. The van der Waals surface area contributed by atoms with Gasteiger partial charge >= 0.3 is 0 Å². The summed E-state index contributed by atoms with van der Waals surface area (Å²) in [6.07, 6.45) is 4.24. The number of benzene rings is 1. The molecule has 1 aliphatic heterocycles. The van der Waals surface area contributed by atoms with E-state index in [-0.39, 0.29) is 5.91 Å². The summed E-state index contributed by atoms with van der Waals surface area (Å²) in [6, 6.07) is 7.38. The average molecular weight is 389 g/mol. The van der Waals surface area contributed by atoms with Crippen LogP contribution >= 0.6 is 11.6 Å². The first-order chi connectivity index (χ1) is 13.0. The number of rotatable bonds is 5. The third-order valence-corrected chi connectivity index (χ3v) is 5.14. The van der Waals surface area contributed by atoms with E-state index in [4.69, 9.17) is 16.3 Å². The van der Waals surface area contributed by atoms with E-state index in [1.807, 2.05) is 11.0 Å². The number of likely N-dealkylation sites (tertiary alicyclic amines) is 1. The SMILES string of the molecule is CCC1CCCCN1C(=O)c1cc(Nc2ccc(OC)c(Cl)c2)nc(C)n1. The highest BCUT2D eigenvalue weighted by Gasteiger charge is 2.27. The number of nitrogens with one attached hydrogen (secondary N) is 1. The lowest BCUT2D eigenvalue weighted by atomic mass is 9.99. The highest BCUT2D eigenvalue weighted by molar-refractivity contribution is 6.32. The van der Waals surface area contributed by atoms with Crippen LogP contribution in [0.2, 0.25) is 5.02 Å². The van der Waals surface area contributed by atoms with Gasteiger partial charge < -0.3 is 15.0 Å². The van der Waals surface area contributed by atoms with Gasteiger partial charge in [0.2, 0.25) is 0 Å². The number of hydrogen-bond donors (Lipinski definition) is 1. The number of aromatic nitrogens is 2. The van der Waals surface area contributed by atoms with Crippen LogP contribution < -0.4 is 10.1 Å². The molecule has 1 N–H and O–H groups in total. The first-order valence-electron chi connectivity index (χ1n) is 9.29. The minimum Gasteiger partial charge on any atom is -0.495 e. The summed E-state index contributed by atoms with van der Waals surface area (Å²) in [6.45, 7) is 4.70. The molecule has 2 aromatic rings. The van der Waals surface area contributed by atoms with Crippen LogP contribution in [0, 0.1) is 6.92 Å². The van der Waals surface area contributed by atoms with E-state index in [2.05, 4.69) is 22.2 Å². The number of carbonyl (C=O) groups excluding carboxylic acids is 1. The number of hydrogen-bond acceptors (Lipinski definition) is 5. The lowest BCUT2D eigenvalue weighted by Crippen LogP contribution is -2.43. The van der Waals surface area contributed by atoms with Crippen molar-refractivity contribution in [1.29, 1.82) is 0 Å². The zero-order valence-corrected chi connectivity index (χ0v) is 16.7. The van der Waals surface area contributed by atoms with Gasteiger partial charge in [0.05, 0.1) is 12.1 Å². The predicted octanol–water partition coefficient (Wildman–Crippen LogP) is 4.60. The number of halogens is 1. The Morgan fingerprint density at radius 1 is 1.33 bits per heavy atom. The first-order valence-corrected chi connectivity index (χ1v) is 9.66. The fourth-order valence-corrected chi connectivity index (χ4v) is 3.73. The van der Waals surface area contributed by atoms with Crippen LogP contribution in [-0.4, -0.2) is 40.5 Å². The molecule has 1 aromatic heterocycles. The molecule has 1 amide bonds. The summed E-state index contributed by atoms with van der Waals surface area (Å²) in [5, 5.41) is 3.70. The van der Waals surface area contributed by atoms with Gasteiger partial charge in [-0.25, -0.2) is 9.97 Å². The molecule has 6 nitrogen and oxygen atoms in total. The van der Waals surface area contributed by atoms with Crippen LogP contribution in [0.15, 0.2) is 24.3 Å². The smallest absolute Gasteiger partial charge is 0.272 e. The molecule has 1 fully saturated rings. The van der Waals surface area contributed by atoms with E-state index in [1.54, 1.807) is 32.2 Å². The molecular weight excluding hydrogens is 364 g/mol. The highest BCUT2D eigenvalue weighted by atomic mass is 35.5. The number of anilines is 2. The maximum absolute atomic E-state index is 13.0. The summed E-state index contributed by atoms with van der Waals surface area (Å²) in [4.78, 5) is 23.8. The van der Waals surface area contributed by atoms with Crippen LogP contribution in [0.25, 0.3) is 0 Å². The van der Waals surface area contributed by atoms with Crippen molar-refractivity contribution in [1.82, 2.24) is 14.9 Å². The topological polar surface area (TPSA) is 67.4 Å². The van der Waals surface area contributed by atoms with Crippen molar-refractivity contribution in [3.05, 3.63) is 40.8 Å². The Balaban J connectivity index is 1.83. The van der Waals surface area contributed by atoms with E-state index >= 15 is 0 Å². The standard InChI is InChI=1S/C20H25ClN4O2/c1-4-15-7-5-6-10-25(15)20(26)17-12-19(23-13(2)22-17)24-14-8-9-18(27-3)16(21)11-14/h8-9,11-12,15H,4-7,10H2,1-3H3,(H,22,23,24). The van der Waals surface area contributed by atoms with Crippen molar-refractivity contribution in [2.24, 2.45) is 0 Å². The first kappa shape index (κ1) is 19.4. The van der Waals surface area contributed by atoms with Crippen molar-refractivity contribution in [3.8, 4) is 5.75 Å². The molecule has 1 unspecified atom stereocenters. The monoisotopic (exact) mass is 388 g/mol. The van der Waals surface area contributed by atoms with Gasteiger partial charge in [0.1, 0.15) is 23.1 Å². The van der Waals surface area contributed by atoms with Crippen molar-refractivity contribution in [2.45, 2.75) is 45.6 Å². The van der Waals surface area contributed by atoms with Gasteiger partial charge in [0.15, 0.2) is 0 Å². The Morgan fingerprint density at radius 2 is 2.15 bits per heavy atom. The molecule has 1 atom stereocenters. The Kier molecular flexibility index (Phi) is 6.16. The number of ether oxygens (including phenoxy) is 1. The van der Waals surface area contributed by atoms with Crippen LogP contribution in [0.4, 0.5) is 11.5 Å². The predicted molar refractivity (Wildman–Crippen MR) is 107 cm³/mol. The molecule has 0 saturated carbocycles. The van der Waals surface area contributed by atoms with Gasteiger partial charge in [-0.3, -0.25) is 4.79 Å². The molecule has 27 heavy (non-hydrogen) atoms. The highest BCUT2D eigenvalue weighted by Crippen LogP contribution is 2.29. The third-order valence-electron chi connectivity index (χ3n) is 4.84. The van der Waals surface area contributed by atoms with Crippen LogP contribution in [-0.2, 0) is 0 Å². The molecule has 0 spiro atoms. The number of amides is 1. The fraction of sp³-hybridized carbons (Fsp3) is 0.450. The van der Waals surface area contributed by atoms with E-state index in [0.29, 0.717) is 34.2 Å². The Labute approximate surface area is 164 Å². The number of piperidine rings is 1. The lowest BCUT2D eigenvalue weighted by Gasteiger charge is -2.35. The van der Waals surface area contributed by atoms with E-state index in [1.165, 1.54) is 6.42 Å². The second-order valence-corrected chi connectivity index (χ2v) is 7.12. The number of aryl methyl sites for hydroxylation is 1. The zero-order chi connectivity index (χ0) is 19.4. The quantitative estimate of drug-likeness (QED) is 0.810. The molecule has 144 valence electrons. The fourth-order valence-electron chi connectivity index (χ4n) is 3.47. The molecule has 0 bridgehead atoms. The zero-order valence-electron chi connectivity index (χ0n) is 16.0. The maximum Gasteiger partial charge on any atom is 0.272 e. The van der Waals surface area contributed by atoms with Gasteiger partial charge in [-0.1, -0.05) is 18.5 Å². The Morgan fingerprint density at radius 3 is 2.85 bits per heavy atom. The van der Waals surface area contributed by atoms with Crippen molar-refractivity contribution in [3.63, 3.8) is 0 Å². The summed E-state index contributed by atoms with van der Waals surface area (Å²) in [5.74, 6) is 1.70. The molecule has 2 heterocycles. The summed E-state index contributed by atoms with van der Waals surface area (Å²) < 4.78 is 5.17. The molecule has 1 aliphatic rings. The van der Waals surface area contributed by atoms with E-state index in [9.17, 15) is 4.79 Å². The Bertz CT molecular complexity index is 828. The lowest BCUT2D eigenvalue weighted by molar-refractivity contribution is 0.0601. The number of nitrogens with zero attached hydrogens (tertiary/aromatic N) is 3. The second-order valence-electron chi connectivity index (χ2n) is 6.72. The summed E-state index contributed by atoms with van der Waals surface area (Å²) in [5.41, 5.74) is 1.19. The van der Waals surface area contributed by atoms with Crippen molar-refractivity contribution in [2.75, 3.05) is 19.0 Å². The number of methoxy groups -OCH3 is 1. The van der Waals surface area contributed by atoms with E-state index < -0.39 is 0 Å². The van der Waals surface area contributed by atoms with Gasteiger partial charge in [0.25, 0.3) is 5.91 Å². The largest absolute Gasteiger partial charge is 0.495 e. The summed E-state index contributed by atoms with van der Waals surface area (Å²) in [7, 11) is 1.57. The van der Waals surface area contributed by atoms with Gasteiger partial charge in [-0.05, 0) is 50.8 Å². The van der Waals surface area contributed by atoms with Crippen LogP contribution in [0.3, 0.4) is 0 Å². The molecular formula is C20H25ClN4O2. The van der Waals surface area contributed by atoms with Gasteiger partial charge in [-0.2, -0.15) is 0 Å². The average Bonchev–Trinajstić information content (AvgIpc) is 2.67. The second kappa shape index (κ2) is 8.57. The van der Waals surface area contributed by atoms with Crippen LogP contribution in [0.1, 0.15) is 48.9 Å². The van der Waals surface area contributed by atoms with Crippen molar-refractivity contribution < 1.29 is 9.53 Å². The molecule has 1 aromatic carbocycles. The number of carbonyl (C=O) groups is 1. The Hall–Kier alpha value is -2.34. The minimum atomic E-state index is -0.0251. The van der Waals surface area contributed by atoms with Crippen molar-refractivity contribution >= 4 is 29.0 Å². The van der Waals surface area contributed by atoms with Gasteiger partial charge in [0, 0.05) is 24.3 Å². The van der Waals surface area contributed by atoms with Gasteiger partial charge in [-0.15, -0.1) is 0 Å². The van der Waals surface area contributed by atoms with Crippen LogP contribution in [0.5, 0.6) is 5.75 Å². The normalized spacial score (nSPS) is 16.9. The van der Waals surface area contributed by atoms with E-state index in [0.717, 1.165) is 31.5 Å². The maximum atomic E-state index is 13.0. The minimum absolute atomic E-state index is 0.0251. The molecule has 1 saturated heterocycles.